The van der Waals surface area contributed by atoms with E-state index >= 15 is 0 Å². The summed E-state index contributed by atoms with van der Waals surface area (Å²) in [6.45, 7) is 2.05. The number of anilines is 1. The molecular formula is C19H25N3. The normalized spacial score (nSPS) is 31.9. The highest BCUT2D eigenvalue weighted by molar-refractivity contribution is 5.60. The van der Waals surface area contributed by atoms with Gasteiger partial charge in [-0.2, -0.15) is 0 Å². The molecule has 0 spiro atoms. The van der Waals surface area contributed by atoms with Gasteiger partial charge in [0.05, 0.1) is 6.04 Å². The molecule has 2 heterocycles. The summed E-state index contributed by atoms with van der Waals surface area (Å²) in [5.41, 5.74) is 2.94. The van der Waals surface area contributed by atoms with Crippen LogP contribution in [0.3, 0.4) is 0 Å². The zero-order chi connectivity index (χ0) is 15.1. The third-order valence-corrected chi connectivity index (χ3v) is 5.77. The maximum atomic E-state index is 5.97. The van der Waals surface area contributed by atoms with Gasteiger partial charge in [-0.05, 0) is 36.3 Å². The van der Waals surface area contributed by atoms with E-state index in [4.69, 9.17) is 5.84 Å². The second-order valence-corrected chi connectivity index (χ2v) is 6.91. The summed E-state index contributed by atoms with van der Waals surface area (Å²) in [6.07, 6.45) is 11.6. The predicted molar refractivity (Wildman–Crippen MR) is 91.6 cm³/mol. The van der Waals surface area contributed by atoms with Crippen molar-refractivity contribution in [2.45, 2.75) is 24.8 Å². The molecular weight excluding hydrogens is 270 g/mol. The first-order chi connectivity index (χ1) is 10.8. The maximum absolute atomic E-state index is 5.97. The van der Waals surface area contributed by atoms with E-state index in [1.165, 1.54) is 24.1 Å². The lowest BCUT2D eigenvalue weighted by molar-refractivity contribution is 0.153. The molecule has 3 aliphatic rings. The van der Waals surface area contributed by atoms with Crippen LogP contribution in [-0.4, -0.2) is 31.2 Å². The average molecular weight is 295 g/mol. The zero-order valence-electron chi connectivity index (χ0n) is 13.2. The number of likely N-dealkylation sites (N-methyl/N-ethyl adjacent to an activating group) is 1. The zero-order valence-corrected chi connectivity index (χ0v) is 13.2. The molecule has 3 atom stereocenters. The van der Waals surface area contributed by atoms with Crippen molar-refractivity contribution in [1.29, 1.82) is 0 Å². The first kappa shape index (κ1) is 14.0. The second-order valence-electron chi connectivity index (χ2n) is 6.91. The van der Waals surface area contributed by atoms with Crippen LogP contribution in [0.1, 0.15) is 24.3 Å². The van der Waals surface area contributed by atoms with Gasteiger partial charge in [-0.3, -0.25) is 5.84 Å². The number of nitrogens with two attached hydrogens (primary N) is 1. The van der Waals surface area contributed by atoms with Gasteiger partial charge in [-0.1, -0.05) is 42.5 Å². The number of rotatable bonds is 1. The first-order valence-corrected chi connectivity index (χ1v) is 8.42. The number of fused-ring (bicyclic) bond motifs is 2. The molecule has 116 valence electrons. The SMILES string of the molecule is CN1c2ccccc2C(C2CCN(N)CC2)C2C=CC=CC21. The molecule has 2 aliphatic heterocycles. The molecule has 3 heteroatoms. The molecule has 22 heavy (non-hydrogen) atoms. The number of allylic oxidation sites excluding steroid dienone is 2. The highest BCUT2D eigenvalue weighted by Gasteiger charge is 2.41. The molecule has 3 nitrogen and oxygen atoms in total. The highest BCUT2D eigenvalue weighted by atomic mass is 15.4. The standard InChI is InChI=1S/C19H25N3/c1-21-17-8-4-2-6-15(17)19(14-10-12-22(20)13-11-14)16-7-3-5-9-18(16)21/h2-9,14-15,17,19H,10-13,20H2,1H3. The molecule has 0 amide bonds. The van der Waals surface area contributed by atoms with Crippen LogP contribution in [0.5, 0.6) is 0 Å². The third-order valence-electron chi connectivity index (χ3n) is 5.77. The number of nitrogens with zero attached hydrogens (tertiary/aromatic N) is 2. The molecule has 3 unspecified atom stereocenters. The Hall–Kier alpha value is -1.58. The van der Waals surface area contributed by atoms with E-state index in [-0.39, 0.29) is 0 Å². The Morgan fingerprint density at radius 3 is 2.59 bits per heavy atom. The molecule has 0 saturated carbocycles. The molecule has 0 bridgehead atoms. The van der Waals surface area contributed by atoms with Gasteiger partial charge in [0.25, 0.3) is 0 Å². The van der Waals surface area contributed by atoms with E-state index in [0.29, 0.717) is 17.9 Å². The molecule has 1 aliphatic carbocycles. The smallest absolute Gasteiger partial charge is 0.0541 e. The van der Waals surface area contributed by atoms with E-state index in [0.717, 1.165) is 19.0 Å². The topological polar surface area (TPSA) is 32.5 Å². The van der Waals surface area contributed by atoms with Crippen LogP contribution in [0.15, 0.2) is 48.6 Å². The van der Waals surface area contributed by atoms with Gasteiger partial charge in [0, 0.05) is 31.7 Å². The minimum atomic E-state index is 0.487. The minimum absolute atomic E-state index is 0.487. The van der Waals surface area contributed by atoms with Crippen molar-refractivity contribution in [2.24, 2.45) is 17.7 Å². The fourth-order valence-corrected chi connectivity index (χ4v) is 4.64. The van der Waals surface area contributed by atoms with Crippen LogP contribution in [0.25, 0.3) is 0 Å². The number of piperidine rings is 1. The minimum Gasteiger partial charge on any atom is -0.367 e. The number of para-hydroxylation sites is 1. The van der Waals surface area contributed by atoms with E-state index in [9.17, 15) is 0 Å². The van der Waals surface area contributed by atoms with Crippen molar-refractivity contribution in [1.82, 2.24) is 5.01 Å². The number of benzene rings is 1. The second kappa shape index (κ2) is 5.56. The fourth-order valence-electron chi connectivity index (χ4n) is 4.64. The molecule has 0 aromatic heterocycles. The summed E-state index contributed by atoms with van der Waals surface area (Å²) >= 11 is 0. The molecule has 1 aromatic rings. The van der Waals surface area contributed by atoms with Crippen molar-refractivity contribution in [3.63, 3.8) is 0 Å². The number of hydrazine groups is 1. The molecule has 4 rings (SSSR count). The van der Waals surface area contributed by atoms with Crippen LogP contribution < -0.4 is 10.7 Å². The Morgan fingerprint density at radius 1 is 1.05 bits per heavy atom. The van der Waals surface area contributed by atoms with Crippen molar-refractivity contribution in [2.75, 3.05) is 25.0 Å². The quantitative estimate of drug-likeness (QED) is 0.809. The molecule has 1 aromatic carbocycles. The number of hydrogen-bond acceptors (Lipinski definition) is 3. The highest BCUT2D eigenvalue weighted by Crippen LogP contribution is 2.49. The van der Waals surface area contributed by atoms with Crippen LogP contribution in [0.4, 0.5) is 5.69 Å². The van der Waals surface area contributed by atoms with Crippen LogP contribution >= 0.6 is 0 Å². The van der Waals surface area contributed by atoms with E-state index < -0.39 is 0 Å². The monoisotopic (exact) mass is 295 g/mol. The third kappa shape index (κ3) is 2.20. The lowest BCUT2D eigenvalue weighted by Gasteiger charge is -2.48. The Labute approximate surface area is 133 Å². The van der Waals surface area contributed by atoms with Crippen molar-refractivity contribution in [3.8, 4) is 0 Å². The predicted octanol–water partition coefficient (Wildman–Crippen LogP) is 2.92. The van der Waals surface area contributed by atoms with Crippen molar-refractivity contribution < 1.29 is 0 Å². The van der Waals surface area contributed by atoms with Crippen molar-refractivity contribution >= 4 is 5.69 Å². The van der Waals surface area contributed by atoms with E-state index in [2.05, 4.69) is 60.5 Å². The molecule has 1 fully saturated rings. The van der Waals surface area contributed by atoms with Gasteiger partial charge >= 0.3 is 0 Å². The van der Waals surface area contributed by atoms with Gasteiger partial charge < -0.3 is 4.90 Å². The van der Waals surface area contributed by atoms with Gasteiger partial charge in [0.1, 0.15) is 0 Å². The summed E-state index contributed by atoms with van der Waals surface area (Å²) in [4.78, 5) is 2.45. The number of hydrogen-bond donors (Lipinski definition) is 1. The largest absolute Gasteiger partial charge is 0.367 e. The van der Waals surface area contributed by atoms with E-state index in [1.807, 2.05) is 5.01 Å². The lowest BCUT2D eigenvalue weighted by atomic mass is 9.67. The summed E-state index contributed by atoms with van der Waals surface area (Å²) in [5.74, 6) is 7.91. The summed E-state index contributed by atoms with van der Waals surface area (Å²) in [7, 11) is 2.23. The Morgan fingerprint density at radius 2 is 1.77 bits per heavy atom. The first-order valence-electron chi connectivity index (χ1n) is 8.42. The Bertz CT molecular complexity index is 598. The summed E-state index contributed by atoms with van der Waals surface area (Å²) in [5, 5.41) is 1.98. The molecule has 2 N–H and O–H groups in total. The summed E-state index contributed by atoms with van der Waals surface area (Å²) in [6, 6.07) is 9.47. The average Bonchev–Trinajstić information content (AvgIpc) is 2.57. The lowest BCUT2D eigenvalue weighted by Crippen LogP contribution is -2.48. The van der Waals surface area contributed by atoms with Crippen LogP contribution in [0.2, 0.25) is 0 Å². The maximum Gasteiger partial charge on any atom is 0.0541 e. The molecule has 0 radical (unpaired) electrons. The Balaban J connectivity index is 1.75. The van der Waals surface area contributed by atoms with Gasteiger partial charge in [0.2, 0.25) is 0 Å². The fraction of sp³-hybridized carbons (Fsp3) is 0.474. The van der Waals surface area contributed by atoms with Gasteiger partial charge in [-0.25, -0.2) is 5.01 Å². The summed E-state index contributed by atoms with van der Waals surface area (Å²) < 4.78 is 0. The van der Waals surface area contributed by atoms with Crippen LogP contribution in [0, 0.1) is 11.8 Å². The van der Waals surface area contributed by atoms with Crippen molar-refractivity contribution in [3.05, 3.63) is 54.1 Å². The van der Waals surface area contributed by atoms with Crippen LogP contribution in [-0.2, 0) is 0 Å². The van der Waals surface area contributed by atoms with E-state index in [1.54, 1.807) is 0 Å². The Kier molecular flexibility index (Phi) is 3.55. The van der Waals surface area contributed by atoms with Gasteiger partial charge in [0.15, 0.2) is 0 Å². The molecule has 1 saturated heterocycles. The van der Waals surface area contributed by atoms with Gasteiger partial charge in [-0.15, -0.1) is 0 Å².